The number of piperidine rings is 1. The molecule has 2 saturated heterocycles. The first kappa shape index (κ1) is 31.5. The summed E-state index contributed by atoms with van der Waals surface area (Å²) in [5.74, 6) is 1.06. The summed E-state index contributed by atoms with van der Waals surface area (Å²) >= 11 is 0. The van der Waals surface area contributed by atoms with E-state index in [1.165, 1.54) is 18.9 Å². The molecule has 2 heterocycles. The van der Waals surface area contributed by atoms with Crippen molar-refractivity contribution in [1.82, 2.24) is 9.62 Å². The number of unbranched alkanes of at least 4 members (excludes halogenated alkanes) is 1. The number of rotatable bonds is 13. The van der Waals surface area contributed by atoms with Gasteiger partial charge in [-0.15, -0.1) is 0 Å². The predicted octanol–water partition coefficient (Wildman–Crippen LogP) is 4.64. The lowest BCUT2D eigenvalue weighted by Gasteiger charge is -2.39. The molecule has 0 bridgehead atoms. The Morgan fingerprint density at radius 1 is 1.09 bits per heavy atom. The standard InChI is InChI=1S/C33H45N3O6S/c1-4-42-30-20-29(32(38)41-2)28(25-10-11-25)19-26(30)22-35-17-14-33(15-18-35)21-31(37)36(23-33)27-12-8-24(9-13-27)7-5-6-16-34-43(3,39)40/h8-9,12-13,19-20,25,34H,4-7,10-11,14-18,21-23H2,1-3H3. The van der Waals surface area contributed by atoms with Gasteiger partial charge in [-0.2, -0.15) is 0 Å². The van der Waals surface area contributed by atoms with Gasteiger partial charge in [0.1, 0.15) is 5.75 Å². The summed E-state index contributed by atoms with van der Waals surface area (Å²) in [6.45, 7) is 6.28. The van der Waals surface area contributed by atoms with Gasteiger partial charge in [-0.3, -0.25) is 9.69 Å². The summed E-state index contributed by atoms with van der Waals surface area (Å²) in [5, 5.41) is 0. The van der Waals surface area contributed by atoms with E-state index in [4.69, 9.17) is 9.47 Å². The van der Waals surface area contributed by atoms with Crippen LogP contribution in [0.2, 0.25) is 0 Å². The number of nitrogens with one attached hydrogen (secondary N) is 1. The van der Waals surface area contributed by atoms with Crippen molar-refractivity contribution in [3.8, 4) is 5.75 Å². The summed E-state index contributed by atoms with van der Waals surface area (Å²) in [6, 6.07) is 12.3. The van der Waals surface area contributed by atoms with Crippen LogP contribution in [0.1, 0.15) is 84.8 Å². The lowest BCUT2D eigenvalue weighted by atomic mass is 9.77. The second kappa shape index (κ2) is 13.4. The minimum atomic E-state index is -3.14. The van der Waals surface area contributed by atoms with Crippen molar-refractivity contribution >= 4 is 27.6 Å². The maximum absolute atomic E-state index is 13.2. The van der Waals surface area contributed by atoms with E-state index in [1.54, 1.807) is 0 Å². The topological polar surface area (TPSA) is 105 Å². The molecule has 3 fully saturated rings. The smallest absolute Gasteiger partial charge is 0.338 e. The zero-order valence-corrected chi connectivity index (χ0v) is 26.5. The van der Waals surface area contributed by atoms with Crippen molar-refractivity contribution in [1.29, 1.82) is 0 Å². The van der Waals surface area contributed by atoms with E-state index < -0.39 is 10.0 Å². The van der Waals surface area contributed by atoms with Gasteiger partial charge in [-0.25, -0.2) is 17.9 Å². The van der Waals surface area contributed by atoms with Crippen LogP contribution in [0.15, 0.2) is 36.4 Å². The van der Waals surface area contributed by atoms with Crippen LogP contribution < -0.4 is 14.4 Å². The monoisotopic (exact) mass is 611 g/mol. The number of hydrogen-bond donors (Lipinski definition) is 1. The molecular formula is C33H45N3O6S. The van der Waals surface area contributed by atoms with E-state index in [1.807, 2.05) is 30.0 Å². The van der Waals surface area contributed by atoms with Crippen molar-refractivity contribution in [2.45, 2.75) is 70.8 Å². The molecule has 0 radical (unpaired) electrons. The molecule has 10 heteroatoms. The summed E-state index contributed by atoms with van der Waals surface area (Å²) < 4.78 is 36.0. The van der Waals surface area contributed by atoms with Crippen molar-refractivity contribution in [3.05, 3.63) is 58.7 Å². The average Bonchev–Trinajstić information content (AvgIpc) is 3.78. The van der Waals surface area contributed by atoms with Crippen LogP contribution in [-0.2, 0) is 32.5 Å². The largest absolute Gasteiger partial charge is 0.494 e. The third kappa shape index (κ3) is 7.96. The first-order valence-electron chi connectivity index (χ1n) is 15.5. The van der Waals surface area contributed by atoms with Gasteiger partial charge < -0.3 is 14.4 Å². The third-order valence-corrected chi connectivity index (χ3v) is 9.82. The number of nitrogens with zero attached hydrogens (tertiary/aromatic N) is 2. The highest BCUT2D eigenvalue weighted by atomic mass is 32.2. The van der Waals surface area contributed by atoms with Gasteiger partial charge in [-0.05, 0) is 112 Å². The van der Waals surface area contributed by atoms with Crippen LogP contribution in [0.5, 0.6) is 5.75 Å². The van der Waals surface area contributed by atoms with Crippen molar-refractivity contribution in [2.24, 2.45) is 5.41 Å². The van der Waals surface area contributed by atoms with E-state index in [0.717, 1.165) is 93.7 Å². The third-order valence-electron chi connectivity index (χ3n) is 9.09. The Balaban J connectivity index is 1.17. The molecule has 3 aliphatic rings. The van der Waals surface area contributed by atoms with E-state index in [-0.39, 0.29) is 17.3 Å². The molecule has 2 aromatic rings. The number of sulfonamides is 1. The van der Waals surface area contributed by atoms with E-state index in [0.29, 0.717) is 31.1 Å². The maximum Gasteiger partial charge on any atom is 0.338 e. The van der Waals surface area contributed by atoms with Gasteiger partial charge in [0.2, 0.25) is 15.9 Å². The lowest BCUT2D eigenvalue weighted by molar-refractivity contribution is -0.118. The molecule has 1 aliphatic carbocycles. The lowest BCUT2D eigenvalue weighted by Crippen LogP contribution is -2.41. The molecule has 234 valence electrons. The maximum atomic E-state index is 13.2. The highest BCUT2D eigenvalue weighted by molar-refractivity contribution is 7.88. The quantitative estimate of drug-likeness (QED) is 0.260. The highest BCUT2D eigenvalue weighted by Crippen LogP contribution is 2.45. The van der Waals surface area contributed by atoms with Gasteiger partial charge in [-0.1, -0.05) is 12.1 Å². The molecule has 2 aliphatic heterocycles. The van der Waals surface area contributed by atoms with Gasteiger partial charge in [0.25, 0.3) is 0 Å². The summed E-state index contributed by atoms with van der Waals surface area (Å²) in [6.07, 6.45) is 8.45. The van der Waals surface area contributed by atoms with E-state index >= 15 is 0 Å². The molecule has 1 saturated carbocycles. The number of esters is 1. The average molecular weight is 612 g/mol. The van der Waals surface area contributed by atoms with Gasteiger partial charge in [0.05, 0.1) is 25.5 Å². The Bertz CT molecular complexity index is 1410. The molecule has 0 unspecified atom stereocenters. The number of ether oxygens (including phenoxy) is 2. The number of likely N-dealkylation sites (tertiary alicyclic amines) is 1. The molecule has 1 amide bonds. The van der Waals surface area contributed by atoms with E-state index in [9.17, 15) is 18.0 Å². The molecule has 5 rings (SSSR count). The normalized spacial score (nSPS) is 18.8. The minimum Gasteiger partial charge on any atom is -0.494 e. The molecule has 9 nitrogen and oxygen atoms in total. The number of benzene rings is 2. The predicted molar refractivity (Wildman–Crippen MR) is 167 cm³/mol. The van der Waals surface area contributed by atoms with Crippen molar-refractivity contribution in [2.75, 3.05) is 51.1 Å². The van der Waals surface area contributed by atoms with Crippen LogP contribution in [0.3, 0.4) is 0 Å². The highest BCUT2D eigenvalue weighted by Gasteiger charge is 2.45. The van der Waals surface area contributed by atoms with Crippen molar-refractivity contribution < 1.29 is 27.5 Å². The number of carbonyl (C=O) groups excluding carboxylic acids is 2. The fourth-order valence-corrected chi connectivity index (χ4v) is 7.04. The molecule has 0 aromatic heterocycles. The SMILES string of the molecule is CCOc1cc(C(=O)OC)c(C2CC2)cc1CN1CCC2(CC1)CC(=O)N(c1ccc(CCCCNS(C)(=O)=O)cc1)C2. The molecule has 2 aromatic carbocycles. The first-order chi connectivity index (χ1) is 20.6. The summed E-state index contributed by atoms with van der Waals surface area (Å²) in [7, 11) is -1.71. The molecule has 43 heavy (non-hydrogen) atoms. The second-order valence-corrected chi connectivity index (χ2v) is 14.3. The molecule has 1 N–H and O–H groups in total. The Kier molecular flexibility index (Phi) is 9.78. The van der Waals surface area contributed by atoms with Gasteiger partial charge in [0.15, 0.2) is 0 Å². The Hall–Kier alpha value is -2.95. The number of carbonyl (C=O) groups is 2. The number of anilines is 1. The Labute approximate surface area is 256 Å². The second-order valence-electron chi connectivity index (χ2n) is 12.5. The molecule has 1 spiro atoms. The fourth-order valence-electron chi connectivity index (χ4n) is 6.52. The number of methoxy groups -OCH3 is 1. The number of hydrogen-bond acceptors (Lipinski definition) is 7. The Morgan fingerprint density at radius 2 is 1.81 bits per heavy atom. The zero-order valence-electron chi connectivity index (χ0n) is 25.7. The van der Waals surface area contributed by atoms with Crippen LogP contribution in [0.4, 0.5) is 5.69 Å². The number of amides is 1. The molecule has 0 atom stereocenters. The van der Waals surface area contributed by atoms with Crippen LogP contribution in [-0.4, -0.2) is 71.3 Å². The van der Waals surface area contributed by atoms with E-state index in [2.05, 4.69) is 27.8 Å². The fraction of sp³-hybridized carbons (Fsp3) is 0.576. The minimum absolute atomic E-state index is 0.00443. The number of aryl methyl sites for hydroxylation is 1. The van der Waals surface area contributed by atoms with Crippen LogP contribution in [0, 0.1) is 5.41 Å². The summed E-state index contributed by atoms with van der Waals surface area (Å²) in [4.78, 5) is 30.1. The van der Waals surface area contributed by atoms with Gasteiger partial charge >= 0.3 is 5.97 Å². The van der Waals surface area contributed by atoms with Crippen LogP contribution in [0.25, 0.3) is 0 Å². The molecular weight excluding hydrogens is 566 g/mol. The Morgan fingerprint density at radius 3 is 2.44 bits per heavy atom. The first-order valence-corrected chi connectivity index (χ1v) is 17.4. The van der Waals surface area contributed by atoms with Gasteiger partial charge in [0, 0.05) is 37.3 Å². The summed E-state index contributed by atoms with van der Waals surface area (Å²) in [5.41, 5.74) is 4.94. The zero-order chi connectivity index (χ0) is 30.6. The van der Waals surface area contributed by atoms with Crippen molar-refractivity contribution in [3.63, 3.8) is 0 Å². The van der Waals surface area contributed by atoms with Crippen LogP contribution >= 0.6 is 0 Å².